The van der Waals surface area contributed by atoms with E-state index in [1.165, 1.54) is 0 Å². The third-order valence-electron chi connectivity index (χ3n) is 5.65. The first-order chi connectivity index (χ1) is 16.7. The van der Waals surface area contributed by atoms with Crippen molar-refractivity contribution in [1.29, 1.82) is 0 Å². The minimum absolute atomic E-state index is 0.157. The SMILES string of the molecule is O=C(NCc1nnc(SCc2ccccc2Cl)n1Cc1ccccc1)C1Cc2ccccc2O1. The zero-order valence-corrected chi connectivity index (χ0v) is 19.9. The summed E-state index contributed by atoms with van der Waals surface area (Å²) in [6.45, 7) is 0.872. The van der Waals surface area contributed by atoms with E-state index in [4.69, 9.17) is 16.3 Å². The van der Waals surface area contributed by atoms with Crippen LogP contribution >= 0.6 is 23.4 Å². The molecule has 0 bridgehead atoms. The number of hydrogen-bond donors (Lipinski definition) is 1. The van der Waals surface area contributed by atoms with Gasteiger partial charge in [-0.1, -0.05) is 90.1 Å². The van der Waals surface area contributed by atoms with Crippen molar-refractivity contribution in [2.75, 3.05) is 0 Å². The van der Waals surface area contributed by atoms with Gasteiger partial charge in [0.05, 0.1) is 13.1 Å². The molecular weight excluding hydrogens is 468 g/mol. The van der Waals surface area contributed by atoms with Crippen LogP contribution in [0.2, 0.25) is 5.02 Å². The summed E-state index contributed by atoms with van der Waals surface area (Å²) < 4.78 is 7.86. The second-order valence-electron chi connectivity index (χ2n) is 7.99. The second-order valence-corrected chi connectivity index (χ2v) is 9.34. The van der Waals surface area contributed by atoms with Gasteiger partial charge in [0, 0.05) is 17.2 Å². The van der Waals surface area contributed by atoms with Crippen LogP contribution in [-0.4, -0.2) is 26.8 Å². The average molecular weight is 491 g/mol. The molecule has 0 aliphatic carbocycles. The molecule has 2 heterocycles. The first-order valence-corrected chi connectivity index (χ1v) is 12.4. The summed E-state index contributed by atoms with van der Waals surface area (Å²) in [5.41, 5.74) is 3.22. The zero-order valence-electron chi connectivity index (χ0n) is 18.4. The molecule has 1 atom stereocenters. The van der Waals surface area contributed by atoms with Gasteiger partial charge in [0.1, 0.15) is 5.75 Å². The van der Waals surface area contributed by atoms with Gasteiger partial charge in [-0.15, -0.1) is 10.2 Å². The summed E-state index contributed by atoms with van der Waals surface area (Å²) in [6, 6.07) is 25.7. The molecule has 1 aliphatic heterocycles. The van der Waals surface area contributed by atoms with Crippen molar-refractivity contribution in [3.63, 3.8) is 0 Å². The van der Waals surface area contributed by atoms with Crippen LogP contribution in [-0.2, 0) is 30.1 Å². The van der Waals surface area contributed by atoms with E-state index in [0.29, 0.717) is 24.5 Å². The number of benzene rings is 3. The molecule has 172 valence electrons. The van der Waals surface area contributed by atoms with Gasteiger partial charge in [-0.2, -0.15) is 0 Å². The van der Waals surface area contributed by atoms with Crippen molar-refractivity contribution >= 4 is 29.3 Å². The quantitative estimate of drug-likeness (QED) is 0.356. The Balaban J connectivity index is 1.30. The lowest BCUT2D eigenvalue weighted by molar-refractivity contribution is -0.127. The van der Waals surface area contributed by atoms with E-state index in [0.717, 1.165) is 32.6 Å². The molecule has 4 aromatic rings. The zero-order chi connectivity index (χ0) is 23.3. The molecule has 1 unspecified atom stereocenters. The van der Waals surface area contributed by atoms with Gasteiger partial charge < -0.3 is 14.6 Å². The van der Waals surface area contributed by atoms with E-state index in [-0.39, 0.29) is 12.5 Å². The summed E-state index contributed by atoms with van der Waals surface area (Å²) in [5.74, 6) is 1.98. The van der Waals surface area contributed by atoms with Crippen molar-refractivity contribution in [2.24, 2.45) is 0 Å². The van der Waals surface area contributed by atoms with Crippen molar-refractivity contribution in [2.45, 2.75) is 36.5 Å². The molecule has 6 nitrogen and oxygen atoms in total. The highest BCUT2D eigenvalue weighted by Gasteiger charge is 2.29. The number of hydrogen-bond acceptors (Lipinski definition) is 5. The Kier molecular flexibility index (Phi) is 6.83. The Morgan fingerprint density at radius 3 is 2.62 bits per heavy atom. The summed E-state index contributed by atoms with van der Waals surface area (Å²) in [6.07, 6.45) is 0.0365. The van der Waals surface area contributed by atoms with E-state index in [9.17, 15) is 4.79 Å². The first kappa shape index (κ1) is 22.5. The Hall–Kier alpha value is -3.29. The predicted molar refractivity (Wildman–Crippen MR) is 133 cm³/mol. The fourth-order valence-electron chi connectivity index (χ4n) is 3.85. The topological polar surface area (TPSA) is 69.0 Å². The van der Waals surface area contributed by atoms with E-state index in [1.54, 1.807) is 11.8 Å². The van der Waals surface area contributed by atoms with Crippen molar-refractivity contribution in [3.05, 3.63) is 106 Å². The van der Waals surface area contributed by atoms with E-state index < -0.39 is 6.10 Å². The second kappa shape index (κ2) is 10.3. The molecule has 34 heavy (non-hydrogen) atoms. The number of carbonyl (C=O) groups is 1. The normalized spacial score (nSPS) is 14.4. The number of aromatic nitrogens is 3. The third kappa shape index (κ3) is 5.11. The Labute approximate surface area is 207 Å². The van der Waals surface area contributed by atoms with Crippen molar-refractivity contribution in [1.82, 2.24) is 20.1 Å². The van der Waals surface area contributed by atoms with Gasteiger partial charge in [-0.3, -0.25) is 4.79 Å². The minimum atomic E-state index is -0.531. The maximum absolute atomic E-state index is 12.8. The minimum Gasteiger partial charge on any atom is -0.480 e. The number of carbonyl (C=O) groups excluding carboxylic acids is 1. The average Bonchev–Trinajstić information content (AvgIpc) is 3.47. The number of fused-ring (bicyclic) bond motifs is 1. The highest BCUT2D eigenvalue weighted by Crippen LogP contribution is 2.29. The lowest BCUT2D eigenvalue weighted by Gasteiger charge is -2.13. The Bertz CT molecular complexity index is 1270. The number of halogens is 1. The number of nitrogens with one attached hydrogen (secondary N) is 1. The van der Waals surface area contributed by atoms with Gasteiger partial charge in [0.25, 0.3) is 5.91 Å². The van der Waals surface area contributed by atoms with Gasteiger partial charge >= 0.3 is 0 Å². The maximum Gasteiger partial charge on any atom is 0.261 e. The van der Waals surface area contributed by atoms with Crippen LogP contribution in [0.3, 0.4) is 0 Å². The first-order valence-electron chi connectivity index (χ1n) is 11.0. The highest BCUT2D eigenvalue weighted by molar-refractivity contribution is 7.98. The molecule has 0 spiro atoms. The summed E-state index contributed by atoms with van der Waals surface area (Å²) >= 11 is 7.90. The van der Waals surface area contributed by atoms with Crippen LogP contribution in [0.15, 0.2) is 84.0 Å². The largest absolute Gasteiger partial charge is 0.480 e. The fourth-order valence-corrected chi connectivity index (χ4v) is 5.09. The smallest absolute Gasteiger partial charge is 0.261 e. The molecule has 5 rings (SSSR count). The molecule has 1 amide bonds. The Morgan fingerprint density at radius 1 is 1.03 bits per heavy atom. The van der Waals surface area contributed by atoms with Crippen molar-refractivity contribution < 1.29 is 9.53 Å². The molecule has 0 saturated carbocycles. The molecule has 1 N–H and O–H groups in total. The maximum atomic E-state index is 12.8. The van der Waals surface area contributed by atoms with Crippen molar-refractivity contribution in [3.8, 4) is 5.75 Å². The molecule has 0 saturated heterocycles. The van der Waals surface area contributed by atoms with Gasteiger partial charge in [0.2, 0.25) is 0 Å². The van der Waals surface area contributed by atoms with E-state index >= 15 is 0 Å². The lowest BCUT2D eigenvalue weighted by atomic mass is 10.1. The van der Waals surface area contributed by atoms with Gasteiger partial charge in [0.15, 0.2) is 17.1 Å². The monoisotopic (exact) mass is 490 g/mol. The summed E-state index contributed by atoms with van der Waals surface area (Å²) in [7, 11) is 0. The van der Waals surface area contributed by atoms with Gasteiger partial charge in [-0.25, -0.2) is 0 Å². The van der Waals surface area contributed by atoms with Crippen LogP contribution in [0.25, 0.3) is 0 Å². The van der Waals surface area contributed by atoms with E-state index in [1.807, 2.05) is 71.3 Å². The van der Waals surface area contributed by atoms with Gasteiger partial charge in [-0.05, 0) is 28.8 Å². The number of ether oxygens (including phenoxy) is 1. The van der Waals surface area contributed by atoms with Crippen LogP contribution < -0.4 is 10.1 Å². The molecule has 1 aliphatic rings. The number of amides is 1. The highest BCUT2D eigenvalue weighted by atomic mass is 35.5. The molecule has 1 aromatic heterocycles. The number of nitrogens with zero attached hydrogens (tertiary/aromatic N) is 3. The molecule has 0 radical (unpaired) electrons. The van der Waals surface area contributed by atoms with Crippen LogP contribution in [0.1, 0.15) is 22.5 Å². The predicted octanol–water partition coefficient (Wildman–Crippen LogP) is 4.89. The number of para-hydroxylation sites is 1. The number of rotatable bonds is 8. The summed E-state index contributed by atoms with van der Waals surface area (Å²) in [4.78, 5) is 12.8. The fraction of sp³-hybridized carbons (Fsp3) is 0.192. The third-order valence-corrected chi connectivity index (χ3v) is 7.04. The lowest BCUT2D eigenvalue weighted by Crippen LogP contribution is -2.37. The Morgan fingerprint density at radius 2 is 1.79 bits per heavy atom. The van der Waals surface area contributed by atoms with E-state index in [2.05, 4.69) is 27.6 Å². The van der Waals surface area contributed by atoms with Crippen LogP contribution in [0.5, 0.6) is 5.75 Å². The molecule has 3 aromatic carbocycles. The summed E-state index contributed by atoms with van der Waals surface area (Å²) in [5, 5.41) is 13.3. The number of thioether (sulfide) groups is 1. The molecule has 8 heteroatoms. The molecule has 0 fully saturated rings. The van der Waals surface area contributed by atoms with Crippen LogP contribution in [0.4, 0.5) is 0 Å². The van der Waals surface area contributed by atoms with Crippen LogP contribution in [0, 0.1) is 0 Å². The molecular formula is C26H23ClN4O2S. The standard InChI is InChI=1S/C26H23ClN4O2S/c27-21-12-6-4-11-20(21)17-34-26-30-29-24(31(26)16-18-8-2-1-3-9-18)15-28-25(32)23-14-19-10-5-7-13-22(19)33-23/h1-13,23H,14-17H2,(H,28,32).